The molecular formula is C13H18N4S. The second-order valence-electron chi connectivity index (χ2n) is 4.33. The Kier molecular flexibility index (Phi) is 4.04. The fourth-order valence-electron chi connectivity index (χ4n) is 1.72. The van der Waals surface area contributed by atoms with Crippen molar-refractivity contribution in [1.82, 2.24) is 14.8 Å². The molecule has 0 saturated heterocycles. The molecule has 0 amide bonds. The maximum Gasteiger partial charge on any atom is 0.195 e. The molecule has 0 unspecified atom stereocenters. The van der Waals surface area contributed by atoms with Gasteiger partial charge in [-0.2, -0.15) is 0 Å². The lowest BCUT2D eigenvalue weighted by Crippen LogP contribution is -2.02. The van der Waals surface area contributed by atoms with Crippen molar-refractivity contribution >= 4 is 11.8 Å². The van der Waals surface area contributed by atoms with Crippen LogP contribution in [0.15, 0.2) is 28.3 Å². The van der Waals surface area contributed by atoms with Gasteiger partial charge in [0.1, 0.15) is 5.82 Å². The van der Waals surface area contributed by atoms with E-state index in [1.165, 1.54) is 16.0 Å². The molecule has 2 aromatic rings. The van der Waals surface area contributed by atoms with Crippen molar-refractivity contribution in [3.05, 3.63) is 35.2 Å². The summed E-state index contributed by atoms with van der Waals surface area (Å²) in [6, 6.07) is 6.46. The number of nitrogens with zero attached hydrogens (tertiary/aromatic N) is 3. The van der Waals surface area contributed by atoms with Crippen molar-refractivity contribution in [2.75, 3.05) is 6.54 Å². The minimum Gasteiger partial charge on any atom is -0.330 e. The molecule has 0 aliphatic heterocycles. The molecule has 0 saturated carbocycles. The van der Waals surface area contributed by atoms with Gasteiger partial charge in [0, 0.05) is 11.9 Å². The maximum absolute atomic E-state index is 5.57. The first-order chi connectivity index (χ1) is 8.61. The van der Waals surface area contributed by atoms with Crippen LogP contribution in [0.4, 0.5) is 0 Å². The molecule has 18 heavy (non-hydrogen) atoms. The van der Waals surface area contributed by atoms with Gasteiger partial charge < -0.3 is 10.3 Å². The van der Waals surface area contributed by atoms with Crippen molar-refractivity contribution in [2.24, 2.45) is 12.8 Å². The summed E-state index contributed by atoms with van der Waals surface area (Å²) in [5.74, 6) is 0.926. The predicted molar refractivity (Wildman–Crippen MR) is 73.8 cm³/mol. The Balaban J connectivity index is 2.22. The quantitative estimate of drug-likeness (QED) is 0.916. The average molecular weight is 262 g/mol. The van der Waals surface area contributed by atoms with Gasteiger partial charge >= 0.3 is 0 Å². The zero-order valence-corrected chi connectivity index (χ0v) is 11.8. The van der Waals surface area contributed by atoms with Crippen molar-refractivity contribution in [3.8, 4) is 0 Å². The van der Waals surface area contributed by atoms with Crippen molar-refractivity contribution in [3.63, 3.8) is 0 Å². The van der Waals surface area contributed by atoms with Gasteiger partial charge in [0.05, 0.1) is 0 Å². The van der Waals surface area contributed by atoms with Crippen LogP contribution in [0.2, 0.25) is 0 Å². The summed E-state index contributed by atoms with van der Waals surface area (Å²) < 4.78 is 2.00. The zero-order chi connectivity index (χ0) is 13.1. The second kappa shape index (κ2) is 5.54. The smallest absolute Gasteiger partial charge is 0.195 e. The highest BCUT2D eigenvalue weighted by atomic mass is 32.2. The SMILES string of the molecule is Cc1cc(CCN)ccc1Sc1nnc(C)n1C. The summed E-state index contributed by atoms with van der Waals surface area (Å²) in [4.78, 5) is 1.21. The Hall–Kier alpha value is -1.33. The van der Waals surface area contributed by atoms with Gasteiger partial charge in [0.15, 0.2) is 5.16 Å². The van der Waals surface area contributed by atoms with E-state index in [0.717, 1.165) is 17.4 Å². The Bertz CT molecular complexity index is 548. The Morgan fingerprint density at radius 3 is 2.61 bits per heavy atom. The molecule has 0 aliphatic carbocycles. The van der Waals surface area contributed by atoms with E-state index in [1.807, 2.05) is 18.5 Å². The molecule has 2 rings (SSSR count). The van der Waals surface area contributed by atoms with E-state index in [-0.39, 0.29) is 0 Å². The molecule has 0 atom stereocenters. The predicted octanol–water partition coefficient (Wildman–Crippen LogP) is 2.08. The molecule has 0 fully saturated rings. The van der Waals surface area contributed by atoms with E-state index >= 15 is 0 Å². The van der Waals surface area contributed by atoms with Crippen LogP contribution in [0.5, 0.6) is 0 Å². The third-order valence-corrected chi connectivity index (χ3v) is 4.14. The number of benzene rings is 1. The Morgan fingerprint density at radius 2 is 2.06 bits per heavy atom. The van der Waals surface area contributed by atoms with Gasteiger partial charge in [-0.15, -0.1) is 10.2 Å². The molecule has 0 spiro atoms. The summed E-state index contributed by atoms with van der Waals surface area (Å²) in [7, 11) is 1.98. The first-order valence-corrected chi connectivity index (χ1v) is 6.77. The number of aryl methyl sites for hydroxylation is 2. The first-order valence-electron chi connectivity index (χ1n) is 5.95. The molecule has 4 nitrogen and oxygen atoms in total. The van der Waals surface area contributed by atoms with Gasteiger partial charge in [-0.3, -0.25) is 0 Å². The Labute approximate surface area is 112 Å². The molecule has 1 heterocycles. The molecule has 0 radical (unpaired) electrons. The van der Waals surface area contributed by atoms with Crippen LogP contribution >= 0.6 is 11.8 Å². The van der Waals surface area contributed by atoms with E-state index in [9.17, 15) is 0 Å². The lowest BCUT2D eigenvalue weighted by atomic mass is 10.1. The minimum atomic E-state index is 0.689. The first kappa shape index (κ1) is 13.1. The molecule has 1 aromatic heterocycles. The van der Waals surface area contributed by atoms with Gasteiger partial charge in [0.25, 0.3) is 0 Å². The van der Waals surface area contributed by atoms with Crippen LogP contribution in [-0.2, 0) is 13.5 Å². The number of aromatic nitrogens is 3. The van der Waals surface area contributed by atoms with Crippen molar-refractivity contribution in [1.29, 1.82) is 0 Å². The number of hydrogen-bond acceptors (Lipinski definition) is 4. The molecule has 2 N–H and O–H groups in total. The molecule has 0 bridgehead atoms. The Morgan fingerprint density at radius 1 is 1.28 bits per heavy atom. The van der Waals surface area contributed by atoms with E-state index < -0.39 is 0 Å². The third-order valence-electron chi connectivity index (χ3n) is 2.93. The fraction of sp³-hybridized carbons (Fsp3) is 0.385. The van der Waals surface area contributed by atoms with Crippen molar-refractivity contribution in [2.45, 2.75) is 30.3 Å². The highest BCUT2D eigenvalue weighted by Gasteiger charge is 2.09. The number of hydrogen-bond donors (Lipinski definition) is 1. The molecule has 1 aromatic carbocycles. The minimum absolute atomic E-state index is 0.689. The fourth-order valence-corrected chi connectivity index (χ4v) is 2.63. The van der Waals surface area contributed by atoms with Crippen LogP contribution in [0.1, 0.15) is 17.0 Å². The van der Waals surface area contributed by atoms with E-state index in [2.05, 4.69) is 35.3 Å². The van der Waals surface area contributed by atoms with Crippen LogP contribution in [-0.4, -0.2) is 21.3 Å². The van der Waals surface area contributed by atoms with Crippen LogP contribution in [0, 0.1) is 13.8 Å². The molecule has 0 aliphatic rings. The summed E-state index contributed by atoms with van der Waals surface area (Å²) in [6.45, 7) is 4.76. The standard InChI is InChI=1S/C13H18N4S/c1-9-8-11(6-7-14)4-5-12(9)18-13-16-15-10(2)17(13)3/h4-5,8H,6-7,14H2,1-3H3. The van der Waals surface area contributed by atoms with E-state index in [4.69, 9.17) is 5.73 Å². The largest absolute Gasteiger partial charge is 0.330 e. The molecule has 5 heteroatoms. The number of nitrogens with two attached hydrogens (primary N) is 1. The summed E-state index contributed by atoms with van der Waals surface area (Å²) in [6.07, 6.45) is 0.925. The second-order valence-corrected chi connectivity index (χ2v) is 5.34. The van der Waals surface area contributed by atoms with Gasteiger partial charge in [0.2, 0.25) is 0 Å². The zero-order valence-electron chi connectivity index (χ0n) is 11.0. The maximum atomic E-state index is 5.57. The van der Waals surface area contributed by atoms with Crippen LogP contribution in [0.3, 0.4) is 0 Å². The third kappa shape index (κ3) is 2.73. The summed E-state index contributed by atoms with van der Waals surface area (Å²) in [5.41, 5.74) is 8.11. The normalized spacial score (nSPS) is 10.9. The monoisotopic (exact) mass is 262 g/mol. The van der Waals surface area contributed by atoms with E-state index in [1.54, 1.807) is 11.8 Å². The van der Waals surface area contributed by atoms with Crippen LogP contribution < -0.4 is 5.73 Å². The van der Waals surface area contributed by atoms with Gasteiger partial charge in [-0.05, 0) is 55.8 Å². The summed E-state index contributed by atoms with van der Waals surface area (Å²) >= 11 is 1.65. The molecule has 96 valence electrons. The van der Waals surface area contributed by atoms with E-state index in [0.29, 0.717) is 6.54 Å². The van der Waals surface area contributed by atoms with Crippen LogP contribution in [0.25, 0.3) is 0 Å². The number of rotatable bonds is 4. The van der Waals surface area contributed by atoms with Gasteiger partial charge in [-0.1, -0.05) is 12.1 Å². The van der Waals surface area contributed by atoms with Crippen molar-refractivity contribution < 1.29 is 0 Å². The lowest BCUT2D eigenvalue weighted by Gasteiger charge is -2.07. The highest BCUT2D eigenvalue weighted by molar-refractivity contribution is 7.99. The lowest BCUT2D eigenvalue weighted by molar-refractivity contribution is 0.765. The highest BCUT2D eigenvalue weighted by Crippen LogP contribution is 2.29. The molecular weight excluding hydrogens is 244 g/mol. The summed E-state index contributed by atoms with van der Waals surface area (Å²) in [5, 5.41) is 9.15. The average Bonchev–Trinajstić information content (AvgIpc) is 2.65. The van der Waals surface area contributed by atoms with Gasteiger partial charge in [-0.25, -0.2) is 0 Å². The topological polar surface area (TPSA) is 56.7 Å².